The molecule has 2 heterocycles. The molecule has 0 aliphatic rings. The molecule has 2 aromatic heterocycles. The number of pyridine rings is 1. The summed E-state index contributed by atoms with van der Waals surface area (Å²) >= 11 is 0. The van der Waals surface area contributed by atoms with E-state index < -0.39 is 0 Å². The largest absolute Gasteiger partial charge is 0.394 e. The fraction of sp³-hybridized carbons (Fsp3) is 0.385. The normalized spacial score (nSPS) is 10.7. The van der Waals surface area contributed by atoms with Gasteiger partial charge in [-0.05, 0) is 24.6 Å². The van der Waals surface area contributed by atoms with Crippen molar-refractivity contribution in [1.82, 2.24) is 20.1 Å². The standard InChI is InChI=1S/C13H18N4O/c18-7-6-17-11-13(10-16-17)9-15-5-3-12-2-1-4-14-8-12/h1-2,4,8,10-11,15,18H,3,5-7,9H2. The molecule has 0 bridgehead atoms. The average molecular weight is 246 g/mol. The molecule has 2 aromatic rings. The maximum Gasteiger partial charge on any atom is 0.0640 e. The molecule has 0 atom stereocenters. The summed E-state index contributed by atoms with van der Waals surface area (Å²) in [5.74, 6) is 0. The number of aromatic nitrogens is 3. The molecular formula is C13H18N4O. The Labute approximate surface area is 106 Å². The summed E-state index contributed by atoms with van der Waals surface area (Å²) in [6.45, 7) is 2.38. The first-order valence-electron chi connectivity index (χ1n) is 6.10. The zero-order chi connectivity index (χ0) is 12.6. The summed E-state index contributed by atoms with van der Waals surface area (Å²) in [4.78, 5) is 4.08. The van der Waals surface area contributed by atoms with E-state index >= 15 is 0 Å². The molecule has 0 aliphatic heterocycles. The highest BCUT2D eigenvalue weighted by Gasteiger charge is 1.98. The summed E-state index contributed by atoms with van der Waals surface area (Å²) in [5, 5.41) is 16.3. The molecule has 0 unspecified atom stereocenters. The van der Waals surface area contributed by atoms with Gasteiger partial charge in [0.1, 0.15) is 0 Å². The summed E-state index contributed by atoms with van der Waals surface area (Å²) in [5.41, 5.74) is 2.37. The minimum atomic E-state index is 0.121. The SMILES string of the molecule is OCCn1cc(CNCCc2cccnc2)cn1. The van der Waals surface area contributed by atoms with E-state index in [9.17, 15) is 0 Å². The van der Waals surface area contributed by atoms with Gasteiger partial charge in [0.25, 0.3) is 0 Å². The second kappa shape index (κ2) is 6.88. The maximum atomic E-state index is 8.79. The lowest BCUT2D eigenvalue weighted by molar-refractivity contribution is 0.269. The molecule has 0 amide bonds. The number of aliphatic hydroxyl groups is 1. The third kappa shape index (κ3) is 3.94. The van der Waals surface area contributed by atoms with E-state index in [0.29, 0.717) is 6.54 Å². The smallest absolute Gasteiger partial charge is 0.0640 e. The predicted molar refractivity (Wildman–Crippen MR) is 69.0 cm³/mol. The lowest BCUT2D eigenvalue weighted by Crippen LogP contribution is -2.16. The van der Waals surface area contributed by atoms with Crippen LogP contribution in [0.5, 0.6) is 0 Å². The molecule has 0 saturated carbocycles. The molecular weight excluding hydrogens is 228 g/mol. The van der Waals surface area contributed by atoms with E-state index in [2.05, 4.69) is 21.5 Å². The molecule has 0 spiro atoms. The molecule has 0 aromatic carbocycles. The summed E-state index contributed by atoms with van der Waals surface area (Å²) in [6, 6.07) is 4.03. The van der Waals surface area contributed by atoms with Crippen LogP contribution in [0, 0.1) is 0 Å². The van der Waals surface area contributed by atoms with E-state index in [-0.39, 0.29) is 6.61 Å². The van der Waals surface area contributed by atoms with Gasteiger partial charge in [0.15, 0.2) is 0 Å². The fourth-order valence-corrected chi connectivity index (χ4v) is 1.73. The van der Waals surface area contributed by atoms with Crippen LogP contribution in [0.15, 0.2) is 36.9 Å². The summed E-state index contributed by atoms with van der Waals surface area (Å²) < 4.78 is 1.75. The average Bonchev–Trinajstić information content (AvgIpc) is 2.84. The van der Waals surface area contributed by atoms with E-state index in [1.54, 1.807) is 10.9 Å². The number of nitrogens with zero attached hydrogens (tertiary/aromatic N) is 3. The van der Waals surface area contributed by atoms with E-state index in [4.69, 9.17) is 5.11 Å². The first-order chi connectivity index (χ1) is 8.88. The fourth-order valence-electron chi connectivity index (χ4n) is 1.73. The van der Waals surface area contributed by atoms with Crippen molar-refractivity contribution >= 4 is 0 Å². The first kappa shape index (κ1) is 12.7. The van der Waals surface area contributed by atoms with Crippen molar-refractivity contribution < 1.29 is 5.11 Å². The molecule has 96 valence electrons. The van der Waals surface area contributed by atoms with Gasteiger partial charge in [-0.1, -0.05) is 6.07 Å². The number of aliphatic hydroxyl groups excluding tert-OH is 1. The highest BCUT2D eigenvalue weighted by Crippen LogP contribution is 1.98. The van der Waals surface area contributed by atoms with Gasteiger partial charge in [0, 0.05) is 30.7 Å². The van der Waals surface area contributed by atoms with Crippen molar-refractivity contribution in [3.8, 4) is 0 Å². The number of nitrogens with one attached hydrogen (secondary N) is 1. The van der Waals surface area contributed by atoms with Gasteiger partial charge in [0.2, 0.25) is 0 Å². The Morgan fingerprint density at radius 2 is 2.22 bits per heavy atom. The van der Waals surface area contributed by atoms with Crippen molar-refractivity contribution in [1.29, 1.82) is 0 Å². The van der Waals surface area contributed by atoms with Crippen LogP contribution in [-0.4, -0.2) is 33.0 Å². The lowest BCUT2D eigenvalue weighted by atomic mass is 10.2. The van der Waals surface area contributed by atoms with Crippen molar-refractivity contribution in [3.05, 3.63) is 48.0 Å². The predicted octanol–water partition coefficient (Wildman–Crippen LogP) is 0.603. The van der Waals surface area contributed by atoms with Crippen LogP contribution >= 0.6 is 0 Å². The van der Waals surface area contributed by atoms with Crippen molar-refractivity contribution in [2.75, 3.05) is 13.2 Å². The van der Waals surface area contributed by atoms with Crippen LogP contribution < -0.4 is 5.32 Å². The van der Waals surface area contributed by atoms with Crippen molar-refractivity contribution in [3.63, 3.8) is 0 Å². The quantitative estimate of drug-likeness (QED) is 0.702. The minimum absolute atomic E-state index is 0.121. The minimum Gasteiger partial charge on any atom is -0.394 e. The number of hydrogen-bond acceptors (Lipinski definition) is 4. The highest BCUT2D eigenvalue weighted by atomic mass is 16.3. The number of rotatable bonds is 7. The number of hydrogen-bond donors (Lipinski definition) is 2. The summed E-state index contributed by atoms with van der Waals surface area (Å²) in [7, 11) is 0. The van der Waals surface area contributed by atoms with Gasteiger partial charge in [-0.15, -0.1) is 0 Å². The monoisotopic (exact) mass is 246 g/mol. The van der Waals surface area contributed by atoms with E-state index in [0.717, 1.165) is 25.1 Å². The maximum absolute atomic E-state index is 8.79. The molecule has 2 rings (SSSR count). The van der Waals surface area contributed by atoms with Gasteiger partial charge in [-0.25, -0.2) is 0 Å². The summed E-state index contributed by atoms with van der Waals surface area (Å²) in [6.07, 6.45) is 8.42. The second-order valence-corrected chi connectivity index (χ2v) is 4.12. The van der Waals surface area contributed by atoms with E-state index in [1.165, 1.54) is 5.56 Å². The Morgan fingerprint density at radius 1 is 1.28 bits per heavy atom. The second-order valence-electron chi connectivity index (χ2n) is 4.12. The third-order valence-electron chi connectivity index (χ3n) is 2.66. The zero-order valence-electron chi connectivity index (χ0n) is 10.3. The molecule has 2 N–H and O–H groups in total. The van der Waals surface area contributed by atoms with Gasteiger partial charge < -0.3 is 10.4 Å². The lowest BCUT2D eigenvalue weighted by Gasteiger charge is -2.02. The Bertz CT molecular complexity index is 455. The first-order valence-corrected chi connectivity index (χ1v) is 6.10. The molecule has 0 fully saturated rings. The molecule has 0 saturated heterocycles. The van der Waals surface area contributed by atoms with Gasteiger partial charge in [-0.3, -0.25) is 9.67 Å². The molecule has 5 nitrogen and oxygen atoms in total. The van der Waals surface area contributed by atoms with Crippen LogP contribution in [-0.2, 0) is 19.5 Å². The third-order valence-corrected chi connectivity index (χ3v) is 2.66. The van der Waals surface area contributed by atoms with Gasteiger partial charge in [-0.2, -0.15) is 5.10 Å². The van der Waals surface area contributed by atoms with Gasteiger partial charge in [0.05, 0.1) is 19.3 Å². The van der Waals surface area contributed by atoms with Crippen molar-refractivity contribution in [2.45, 2.75) is 19.5 Å². The molecule has 0 aliphatic carbocycles. The van der Waals surface area contributed by atoms with Crippen LogP contribution in [0.25, 0.3) is 0 Å². The Hall–Kier alpha value is -1.72. The molecule has 0 radical (unpaired) electrons. The zero-order valence-corrected chi connectivity index (χ0v) is 10.3. The van der Waals surface area contributed by atoms with Crippen LogP contribution in [0.4, 0.5) is 0 Å². The molecule has 18 heavy (non-hydrogen) atoms. The Morgan fingerprint density at radius 3 is 3.00 bits per heavy atom. The Kier molecular flexibility index (Phi) is 4.87. The van der Waals surface area contributed by atoms with Crippen LogP contribution in [0.3, 0.4) is 0 Å². The molecule has 5 heteroatoms. The van der Waals surface area contributed by atoms with Crippen LogP contribution in [0.1, 0.15) is 11.1 Å². The van der Waals surface area contributed by atoms with Gasteiger partial charge >= 0.3 is 0 Å². The van der Waals surface area contributed by atoms with E-state index in [1.807, 2.05) is 24.7 Å². The van der Waals surface area contributed by atoms with Crippen molar-refractivity contribution in [2.24, 2.45) is 0 Å². The highest BCUT2D eigenvalue weighted by molar-refractivity contribution is 5.09. The topological polar surface area (TPSA) is 63.0 Å². The Balaban J connectivity index is 1.68. The van der Waals surface area contributed by atoms with Crippen LogP contribution in [0.2, 0.25) is 0 Å².